The van der Waals surface area contributed by atoms with Gasteiger partial charge in [0.2, 0.25) is 0 Å². The first-order chi connectivity index (χ1) is 13.0. The van der Waals surface area contributed by atoms with Gasteiger partial charge in [-0.15, -0.1) is 11.3 Å². The Hall–Kier alpha value is -2.93. The largest absolute Gasteiger partial charge is 0.322 e. The van der Waals surface area contributed by atoms with Crippen molar-refractivity contribution >= 4 is 11.3 Å². The molecule has 0 saturated heterocycles. The molecule has 0 radical (unpaired) electrons. The van der Waals surface area contributed by atoms with Gasteiger partial charge < -0.3 is 4.57 Å². The van der Waals surface area contributed by atoms with E-state index in [1.54, 1.807) is 22.2 Å². The van der Waals surface area contributed by atoms with Gasteiger partial charge in [-0.3, -0.25) is 9.48 Å². The van der Waals surface area contributed by atoms with E-state index in [4.69, 9.17) is 0 Å². The van der Waals surface area contributed by atoms with Crippen molar-refractivity contribution in [3.63, 3.8) is 0 Å². The zero-order chi connectivity index (χ0) is 19.1. The maximum atomic E-state index is 13.3. The van der Waals surface area contributed by atoms with Crippen molar-refractivity contribution in [2.24, 2.45) is 7.05 Å². The molecule has 27 heavy (non-hydrogen) atoms. The SMILES string of the molecule is Cc1nc(C(C)n2ccnc2-c2c(C)n(C)n(-c3ccccc3)c2=O)cs1. The Morgan fingerprint density at radius 3 is 2.56 bits per heavy atom. The maximum Gasteiger partial charge on any atom is 0.282 e. The van der Waals surface area contributed by atoms with Crippen LogP contribution in [0.5, 0.6) is 0 Å². The summed E-state index contributed by atoms with van der Waals surface area (Å²) in [5.41, 5.74) is 3.23. The summed E-state index contributed by atoms with van der Waals surface area (Å²) in [4.78, 5) is 22.4. The molecule has 0 fully saturated rings. The summed E-state index contributed by atoms with van der Waals surface area (Å²) in [6.07, 6.45) is 3.65. The molecule has 0 bridgehead atoms. The lowest BCUT2D eigenvalue weighted by molar-refractivity contribution is 0.628. The minimum atomic E-state index is -0.0738. The molecule has 1 aromatic carbocycles. The lowest BCUT2D eigenvalue weighted by atomic mass is 10.2. The first-order valence-electron chi connectivity index (χ1n) is 8.78. The Morgan fingerprint density at radius 1 is 1.15 bits per heavy atom. The summed E-state index contributed by atoms with van der Waals surface area (Å²) in [7, 11) is 1.90. The van der Waals surface area contributed by atoms with Gasteiger partial charge in [-0.2, -0.15) is 0 Å². The summed E-state index contributed by atoms with van der Waals surface area (Å²) < 4.78 is 5.58. The molecule has 0 aliphatic rings. The highest BCUT2D eigenvalue weighted by molar-refractivity contribution is 7.09. The molecule has 0 aliphatic carbocycles. The molecule has 0 aliphatic heterocycles. The van der Waals surface area contributed by atoms with Crippen LogP contribution in [0.15, 0.2) is 52.9 Å². The molecule has 138 valence electrons. The van der Waals surface area contributed by atoms with E-state index < -0.39 is 0 Å². The van der Waals surface area contributed by atoms with Crippen molar-refractivity contribution in [1.82, 2.24) is 23.9 Å². The highest BCUT2D eigenvalue weighted by Gasteiger charge is 2.23. The molecule has 1 unspecified atom stereocenters. The Kier molecular flexibility index (Phi) is 4.31. The summed E-state index contributed by atoms with van der Waals surface area (Å²) >= 11 is 1.63. The molecule has 0 saturated carbocycles. The van der Waals surface area contributed by atoms with Crippen LogP contribution in [0.25, 0.3) is 17.1 Å². The number of nitrogens with zero attached hydrogens (tertiary/aromatic N) is 5. The van der Waals surface area contributed by atoms with Crippen LogP contribution in [-0.4, -0.2) is 23.9 Å². The third-order valence-corrected chi connectivity index (χ3v) is 5.72. The Labute approximate surface area is 161 Å². The zero-order valence-corrected chi connectivity index (χ0v) is 16.6. The topological polar surface area (TPSA) is 57.6 Å². The van der Waals surface area contributed by atoms with E-state index in [-0.39, 0.29) is 11.6 Å². The van der Waals surface area contributed by atoms with Gasteiger partial charge in [0.15, 0.2) is 0 Å². The van der Waals surface area contributed by atoms with Gasteiger partial charge in [0, 0.05) is 30.5 Å². The van der Waals surface area contributed by atoms with Gasteiger partial charge in [0.25, 0.3) is 5.56 Å². The van der Waals surface area contributed by atoms with Gasteiger partial charge in [-0.05, 0) is 32.9 Å². The van der Waals surface area contributed by atoms with E-state index in [1.165, 1.54) is 0 Å². The van der Waals surface area contributed by atoms with Crippen molar-refractivity contribution in [2.45, 2.75) is 26.8 Å². The smallest absolute Gasteiger partial charge is 0.282 e. The molecule has 0 amide bonds. The van der Waals surface area contributed by atoms with Crippen molar-refractivity contribution in [2.75, 3.05) is 0 Å². The van der Waals surface area contributed by atoms with Gasteiger partial charge in [0.05, 0.1) is 22.4 Å². The van der Waals surface area contributed by atoms with Crippen molar-refractivity contribution in [3.8, 4) is 17.1 Å². The Bertz CT molecular complexity index is 1150. The fourth-order valence-corrected chi connectivity index (χ4v) is 4.06. The summed E-state index contributed by atoms with van der Waals surface area (Å²) in [6.45, 7) is 6.02. The summed E-state index contributed by atoms with van der Waals surface area (Å²) in [5, 5.41) is 3.09. The molecule has 4 rings (SSSR count). The lowest BCUT2D eigenvalue weighted by Crippen LogP contribution is -2.20. The number of aromatic nitrogens is 5. The number of hydrogen-bond acceptors (Lipinski definition) is 4. The van der Waals surface area contributed by atoms with E-state index in [0.717, 1.165) is 22.1 Å². The van der Waals surface area contributed by atoms with Gasteiger partial charge >= 0.3 is 0 Å². The van der Waals surface area contributed by atoms with Crippen LogP contribution >= 0.6 is 11.3 Å². The average molecular weight is 379 g/mol. The van der Waals surface area contributed by atoms with E-state index in [2.05, 4.69) is 22.3 Å². The first kappa shape index (κ1) is 17.5. The highest BCUT2D eigenvalue weighted by Crippen LogP contribution is 2.27. The number of imidazole rings is 1. The second kappa shape index (κ2) is 6.66. The number of para-hydroxylation sites is 1. The number of thiazole rings is 1. The minimum absolute atomic E-state index is 0.00312. The number of aryl methyl sites for hydroxylation is 1. The predicted octanol–water partition coefficient (Wildman–Crippen LogP) is 3.72. The molecule has 1 atom stereocenters. The van der Waals surface area contributed by atoms with Crippen LogP contribution in [-0.2, 0) is 7.05 Å². The lowest BCUT2D eigenvalue weighted by Gasteiger charge is -2.14. The second-order valence-corrected chi connectivity index (χ2v) is 7.62. The van der Waals surface area contributed by atoms with E-state index in [1.807, 2.05) is 66.7 Å². The zero-order valence-electron chi connectivity index (χ0n) is 15.7. The van der Waals surface area contributed by atoms with E-state index in [0.29, 0.717) is 11.4 Å². The van der Waals surface area contributed by atoms with Crippen LogP contribution in [0.2, 0.25) is 0 Å². The Morgan fingerprint density at radius 2 is 1.89 bits per heavy atom. The van der Waals surface area contributed by atoms with Crippen LogP contribution in [0, 0.1) is 13.8 Å². The molecule has 4 aromatic rings. The van der Waals surface area contributed by atoms with Gasteiger partial charge in [-0.1, -0.05) is 18.2 Å². The first-order valence-corrected chi connectivity index (χ1v) is 9.66. The molecule has 3 aromatic heterocycles. The normalized spacial score (nSPS) is 12.4. The quantitative estimate of drug-likeness (QED) is 0.543. The van der Waals surface area contributed by atoms with Crippen molar-refractivity contribution < 1.29 is 0 Å². The van der Waals surface area contributed by atoms with Crippen molar-refractivity contribution in [1.29, 1.82) is 0 Å². The fourth-order valence-electron chi connectivity index (χ4n) is 3.36. The molecule has 0 spiro atoms. The van der Waals surface area contributed by atoms with Crippen molar-refractivity contribution in [3.05, 3.63) is 74.9 Å². The van der Waals surface area contributed by atoms with E-state index in [9.17, 15) is 4.79 Å². The molecular weight excluding hydrogens is 358 g/mol. The molecule has 3 heterocycles. The van der Waals surface area contributed by atoms with Crippen LogP contribution in [0.1, 0.15) is 29.4 Å². The summed E-state index contributed by atoms with van der Waals surface area (Å²) in [6, 6.07) is 9.65. The number of hydrogen-bond donors (Lipinski definition) is 0. The standard InChI is InChI=1S/C20H21N5OS/c1-13(17-12-27-15(3)22-17)24-11-10-21-19(24)18-14(2)23(4)25(20(18)26)16-8-6-5-7-9-16/h5-13H,1-4H3. The van der Waals surface area contributed by atoms with Crippen LogP contribution < -0.4 is 5.56 Å². The molecular formula is C20H21N5OS. The second-order valence-electron chi connectivity index (χ2n) is 6.56. The molecule has 0 N–H and O–H groups in total. The average Bonchev–Trinajstić information content (AvgIpc) is 3.35. The molecule has 7 heteroatoms. The number of rotatable bonds is 4. The third kappa shape index (κ3) is 2.84. The third-order valence-electron chi connectivity index (χ3n) is 4.93. The summed E-state index contributed by atoms with van der Waals surface area (Å²) in [5.74, 6) is 0.668. The van der Waals surface area contributed by atoms with Crippen LogP contribution in [0.3, 0.4) is 0 Å². The molecule has 6 nitrogen and oxygen atoms in total. The minimum Gasteiger partial charge on any atom is -0.322 e. The fraction of sp³-hybridized carbons (Fsp3) is 0.250. The number of benzene rings is 1. The van der Waals surface area contributed by atoms with E-state index >= 15 is 0 Å². The van der Waals surface area contributed by atoms with Crippen LogP contribution in [0.4, 0.5) is 0 Å². The Balaban J connectivity index is 1.87. The predicted molar refractivity (Wildman–Crippen MR) is 108 cm³/mol. The monoisotopic (exact) mass is 379 g/mol. The highest BCUT2D eigenvalue weighted by atomic mass is 32.1. The maximum absolute atomic E-state index is 13.3. The van der Waals surface area contributed by atoms with Gasteiger partial charge in [-0.25, -0.2) is 14.6 Å². The van der Waals surface area contributed by atoms with Gasteiger partial charge in [0.1, 0.15) is 11.4 Å².